The lowest BCUT2D eigenvalue weighted by Crippen LogP contribution is -2.37. The second-order valence-electron chi connectivity index (χ2n) is 5.32. The molecule has 0 spiro atoms. The van der Waals surface area contributed by atoms with Gasteiger partial charge in [0.05, 0.1) is 5.56 Å². The van der Waals surface area contributed by atoms with Gasteiger partial charge in [-0.2, -0.15) is 0 Å². The van der Waals surface area contributed by atoms with Gasteiger partial charge in [0.2, 0.25) is 5.91 Å². The Labute approximate surface area is 144 Å². The monoisotopic (exact) mass is 364 g/mol. The number of nitrogens with zero attached hydrogens (tertiary/aromatic N) is 1. The number of hydrogen-bond acceptors (Lipinski definition) is 4. The Kier molecular flexibility index (Phi) is 4.06. The molecule has 0 radical (unpaired) electrons. The fraction of sp³-hybridized carbons (Fsp3) is 0.125. The van der Waals surface area contributed by atoms with Crippen LogP contribution in [0.5, 0.6) is 0 Å². The molecule has 0 fully saturated rings. The van der Waals surface area contributed by atoms with Gasteiger partial charge >= 0.3 is 0 Å². The second-order valence-corrected chi connectivity index (χ2v) is 7.59. The van der Waals surface area contributed by atoms with E-state index < -0.39 is 28.4 Å². The van der Waals surface area contributed by atoms with Crippen LogP contribution in [0.4, 0.5) is 5.69 Å². The van der Waals surface area contributed by atoms with Gasteiger partial charge in [0.1, 0.15) is 11.4 Å². The maximum absolute atomic E-state index is 12.4. The molecule has 1 heterocycles. The minimum atomic E-state index is -4.00. The first-order valence-electron chi connectivity index (χ1n) is 7.03. The Morgan fingerprint density at radius 3 is 2.58 bits per heavy atom. The summed E-state index contributed by atoms with van der Waals surface area (Å²) in [6.45, 7) is 1.17. The van der Waals surface area contributed by atoms with Crippen molar-refractivity contribution >= 4 is 39.1 Å². The van der Waals surface area contributed by atoms with Crippen LogP contribution in [0.25, 0.3) is 0 Å². The van der Waals surface area contributed by atoms with Crippen molar-refractivity contribution < 1.29 is 18.0 Å². The van der Waals surface area contributed by atoms with E-state index in [2.05, 4.69) is 5.32 Å². The van der Waals surface area contributed by atoms with Crippen LogP contribution < -0.4 is 5.32 Å². The van der Waals surface area contributed by atoms with E-state index in [-0.39, 0.29) is 10.5 Å². The second kappa shape index (κ2) is 5.92. The van der Waals surface area contributed by atoms with Gasteiger partial charge in [-0.15, -0.1) is 0 Å². The first-order valence-corrected chi connectivity index (χ1v) is 8.84. The maximum Gasteiger partial charge on any atom is 0.269 e. The summed E-state index contributed by atoms with van der Waals surface area (Å²) in [5.41, 5.74) is 1.31. The predicted octanol–water partition coefficient (Wildman–Crippen LogP) is 2.43. The topological polar surface area (TPSA) is 83.6 Å². The summed E-state index contributed by atoms with van der Waals surface area (Å²) in [5, 5.41) is 3.12. The Hall–Kier alpha value is -2.38. The highest BCUT2D eigenvalue weighted by molar-refractivity contribution is 7.90. The van der Waals surface area contributed by atoms with Gasteiger partial charge in [0, 0.05) is 10.7 Å². The van der Waals surface area contributed by atoms with Crippen LogP contribution in [-0.4, -0.2) is 31.1 Å². The highest BCUT2D eigenvalue weighted by Gasteiger charge is 2.41. The molecular formula is C16H13ClN2O4S. The van der Waals surface area contributed by atoms with Crippen LogP contribution in [0.2, 0.25) is 5.02 Å². The van der Waals surface area contributed by atoms with Gasteiger partial charge in [-0.25, -0.2) is 12.7 Å². The molecule has 0 aromatic heterocycles. The Bertz CT molecular complexity index is 956. The van der Waals surface area contributed by atoms with E-state index in [9.17, 15) is 18.0 Å². The van der Waals surface area contributed by atoms with Crippen molar-refractivity contribution in [1.82, 2.24) is 4.31 Å². The summed E-state index contributed by atoms with van der Waals surface area (Å²) in [7, 11) is -4.00. The summed E-state index contributed by atoms with van der Waals surface area (Å²) in [6.07, 6.45) is 0. The van der Waals surface area contributed by atoms with Crippen molar-refractivity contribution in [3.8, 4) is 0 Å². The summed E-state index contributed by atoms with van der Waals surface area (Å²) in [4.78, 5) is 24.4. The number of sulfonamides is 1. The zero-order chi connectivity index (χ0) is 17.5. The van der Waals surface area contributed by atoms with E-state index in [1.807, 2.05) is 0 Å². The number of fused-ring (bicyclic) bond motifs is 1. The quantitative estimate of drug-likeness (QED) is 0.906. The van der Waals surface area contributed by atoms with Crippen molar-refractivity contribution in [1.29, 1.82) is 0 Å². The molecule has 0 saturated carbocycles. The molecule has 2 amide bonds. The molecule has 1 aliphatic rings. The van der Waals surface area contributed by atoms with Gasteiger partial charge < -0.3 is 5.32 Å². The third-order valence-corrected chi connectivity index (χ3v) is 5.68. The molecule has 2 aromatic rings. The molecule has 2 aromatic carbocycles. The van der Waals surface area contributed by atoms with Crippen molar-refractivity contribution in [2.24, 2.45) is 0 Å². The lowest BCUT2D eigenvalue weighted by molar-refractivity contribution is -0.116. The summed E-state index contributed by atoms with van der Waals surface area (Å²) in [6, 6.07) is 10.8. The van der Waals surface area contributed by atoms with E-state index >= 15 is 0 Å². The number of anilines is 1. The molecule has 8 heteroatoms. The standard InChI is InChI=1S/C16H13ClN2O4S/c1-10-8-11(17)6-7-13(10)18-15(20)9-19-16(21)12-4-2-3-5-14(12)24(19,22)23/h2-8H,9H2,1H3,(H,18,20). The van der Waals surface area contributed by atoms with E-state index in [1.54, 1.807) is 31.2 Å². The minimum Gasteiger partial charge on any atom is -0.324 e. The van der Waals surface area contributed by atoms with Gasteiger partial charge in [0.15, 0.2) is 0 Å². The smallest absolute Gasteiger partial charge is 0.269 e. The molecule has 1 aliphatic heterocycles. The Balaban J connectivity index is 1.82. The van der Waals surface area contributed by atoms with E-state index in [0.29, 0.717) is 15.0 Å². The first kappa shape index (κ1) is 16.5. The highest BCUT2D eigenvalue weighted by Crippen LogP contribution is 2.29. The van der Waals surface area contributed by atoms with Crippen molar-refractivity contribution in [3.05, 3.63) is 58.6 Å². The molecule has 0 atom stereocenters. The number of hydrogen-bond donors (Lipinski definition) is 1. The summed E-state index contributed by atoms with van der Waals surface area (Å²) >= 11 is 5.85. The number of carbonyl (C=O) groups excluding carboxylic acids is 2. The van der Waals surface area contributed by atoms with Crippen LogP contribution in [0, 0.1) is 6.92 Å². The third kappa shape index (κ3) is 2.76. The summed E-state index contributed by atoms with van der Waals surface area (Å²) in [5.74, 6) is -1.31. The Morgan fingerprint density at radius 1 is 1.21 bits per heavy atom. The molecule has 0 bridgehead atoms. The van der Waals surface area contributed by atoms with Crippen molar-refractivity contribution in [2.75, 3.05) is 11.9 Å². The average Bonchev–Trinajstić information content (AvgIpc) is 2.72. The maximum atomic E-state index is 12.4. The van der Waals surface area contributed by atoms with Gasteiger partial charge in [0.25, 0.3) is 15.9 Å². The van der Waals surface area contributed by atoms with Gasteiger partial charge in [-0.3, -0.25) is 9.59 Å². The van der Waals surface area contributed by atoms with Crippen molar-refractivity contribution in [3.63, 3.8) is 0 Å². The molecule has 1 N–H and O–H groups in total. The molecule has 6 nitrogen and oxygen atoms in total. The highest BCUT2D eigenvalue weighted by atomic mass is 35.5. The van der Waals surface area contributed by atoms with Crippen LogP contribution >= 0.6 is 11.6 Å². The zero-order valence-electron chi connectivity index (χ0n) is 12.6. The average molecular weight is 365 g/mol. The van der Waals surface area contributed by atoms with Crippen LogP contribution in [-0.2, 0) is 14.8 Å². The summed E-state index contributed by atoms with van der Waals surface area (Å²) < 4.78 is 25.4. The number of benzene rings is 2. The van der Waals surface area contributed by atoms with E-state index in [0.717, 1.165) is 5.56 Å². The molecule has 24 heavy (non-hydrogen) atoms. The first-order chi connectivity index (χ1) is 11.3. The zero-order valence-corrected chi connectivity index (χ0v) is 14.2. The number of rotatable bonds is 3. The van der Waals surface area contributed by atoms with E-state index in [1.165, 1.54) is 18.2 Å². The van der Waals surface area contributed by atoms with Gasteiger partial charge in [-0.05, 0) is 42.8 Å². The third-order valence-electron chi connectivity index (χ3n) is 3.66. The number of carbonyl (C=O) groups is 2. The van der Waals surface area contributed by atoms with Gasteiger partial charge in [-0.1, -0.05) is 23.7 Å². The number of amides is 2. The lowest BCUT2D eigenvalue weighted by atomic mass is 10.2. The molecule has 124 valence electrons. The number of aryl methyl sites for hydroxylation is 1. The predicted molar refractivity (Wildman–Crippen MR) is 89.5 cm³/mol. The molecule has 0 saturated heterocycles. The van der Waals surface area contributed by atoms with Crippen LogP contribution in [0.1, 0.15) is 15.9 Å². The minimum absolute atomic E-state index is 0.0768. The molecule has 0 aliphatic carbocycles. The lowest BCUT2D eigenvalue weighted by Gasteiger charge is -2.15. The largest absolute Gasteiger partial charge is 0.324 e. The number of nitrogens with one attached hydrogen (secondary N) is 1. The van der Waals surface area contributed by atoms with Crippen LogP contribution in [0.15, 0.2) is 47.4 Å². The molecule has 3 rings (SSSR count). The molecular weight excluding hydrogens is 352 g/mol. The van der Waals surface area contributed by atoms with Crippen LogP contribution in [0.3, 0.4) is 0 Å². The van der Waals surface area contributed by atoms with E-state index in [4.69, 9.17) is 11.6 Å². The fourth-order valence-electron chi connectivity index (χ4n) is 2.47. The Morgan fingerprint density at radius 2 is 1.92 bits per heavy atom. The normalized spacial score (nSPS) is 15.2. The number of halogens is 1. The van der Waals surface area contributed by atoms with Crippen molar-refractivity contribution in [2.45, 2.75) is 11.8 Å². The SMILES string of the molecule is Cc1cc(Cl)ccc1NC(=O)CN1C(=O)c2ccccc2S1(=O)=O. The molecule has 0 unspecified atom stereocenters. The fourth-order valence-corrected chi connectivity index (χ4v) is 4.23.